The zero-order chi connectivity index (χ0) is 17.6. The maximum Gasteiger partial charge on any atom is 0.234 e. The number of piperidine rings is 1. The second-order valence-electron chi connectivity index (χ2n) is 6.43. The first-order chi connectivity index (χ1) is 12.2. The van der Waals surface area contributed by atoms with Gasteiger partial charge in [0.2, 0.25) is 5.91 Å². The maximum absolute atomic E-state index is 11.8. The lowest BCUT2D eigenvalue weighted by Crippen LogP contribution is -2.44. The van der Waals surface area contributed by atoms with E-state index < -0.39 is 0 Å². The van der Waals surface area contributed by atoms with Gasteiger partial charge in [0.25, 0.3) is 0 Å². The molecule has 0 saturated carbocycles. The van der Waals surface area contributed by atoms with Crippen LogP contribution >= 0.6 is 15.9 Å². The van der Waals surface area contributed by atoms with E-state index in [4.69, 9.17) is 0 Å². The number of halogens is 1. The van der Waals surface area contributed by atoms with Crippen molar-refractivity contribution in [3.63, 3.8) is 0 Å². The Kier molecular flexibility index (Phi) is 6.20. The molecule has 2 N–H and O–H groups in total. The summed E-state index contributed by atoms with van der Waals surface area (Å²) in [6.07, 6.45) is 4.58. The second-order valence-corrected chi connectivity index (χ2v) is 7.34. The normalized spacial score (nSPS) is 16.1. The Bertz CT molecular complexity index is 730. The van der Waals surface area contributed by atoms with Crippen LogP contribution in [0.2, 0.25) is 0 Å². The van der Waals surface area contributed by atoms with Crippen LogP contribution < -0.4 is 10.6 Å². The minimum absolute atomic E-state index is 0.125. The Labute approximate surface area is 156 Å². The molecule has 1 amide bonds. The summed E-state index contributed by atoms with van der Waals surface area (Å²) in [5.41, 5.74) is 0.936. The van der Waals surface area contributed by atoms with Gasteiger partial charge in [-0.3, -0.25) is 9.69 Å². The molecule has 0 radical (unpaired) electrons. The zero-order valence-electron chi connectivity index (χ0n) is 14.5. The molecule has 0 bridgehead atoms. The molecule has 1 aromatic carbocycles. The van der Waals surface area contributed by atoms with Gasteiger partial charge in [0.1, 0.15) is 12.1 Å². The largest absolute Gasteiger partial charge is 0.367 e. The fourth-order valence-electron chi connectivity index (χ4n) is 3.10. The topological polar surface area (TPSA) is 70.2 Å². The lowest BCUT2D eigenvalue weighted by Gasteiger charge is -2.32. The molecule has 0 aliphatic carbocycles. The number of nitrogens with one attached hydrogen (secondary N) is 2. The number of fused-ring (bicyclic) bond motifs is 1. The van der Waals surface area contributed by atoms with Crippen molar-refractivity contribution < 1.29 is 4.79 Å². The van der Waals surface area contributed by atoms with E-state index in [0.717, 1.165) is 60.1 Å². The number of likely N-dealkylation sites (tertiary alicyclic amines) is 1. The Morgan fingerprint density at radius 3 is 2.88 bits per heavy atom. The predicted octanol–water partition coefficient (Wildman–Crippen LogP) is 2.79. The highest BCUT2D eigenvalue weighted by atomic mass is 79.9. The molecule has 1 aromatic heterocycles. The molecule has 1 saturated heterocycles. The van der Waals surface area contributed by atoms with Gasteiger partial charge in [-0.15, -0.1) is 0 Å². The Balaban J connectivity index is 1.56. The highest BCUT2D eigenvalue weighted by Crippen LogP contribution is 2.25. The van der Waals surface area contributed by atoms with Gasteiger partial charge >= 0.3 is 0 Å². The fourth-order valence-corrected chi connectivity index (χ4v) is 3.46. The third kappa shape index (κ3) is 4.89. The third-order valence-corrected chi connectivity index (χ3v) is 4.96. The van der Waals surface area contributed by atoms with Crippen LogP contribution in [0.4, 0.5) is 5.82 Å². The smallest absolute Gasteiger partial charge is 0.234 e. The number of hydrogen-bond acceptors (Lipinski definition) is 5. The molecule has 2 heterocycles. The lowest BCUT2D eigenvalue weighted by molar-refractivity contribution is -0.122. The summed E-state index contributed by atoms with van der Waals surface area (Å²) < 4.78 is 1.02. The van der Waals surface area contributed by atoms with Gasteiger partial charge in [-0.05, 0) is 37.5 Å². The fraction of sp³-hybridized carbons (Fsp3) is 0.500. The molecule has 3 rings (SSSR count). The summed E-state index contributed by atoms with van der Waals surface area (Å²) in [6, 6.07) is 6.39. The first-order valence-electron chi connectivity index (χ1n) is 8.81. The average Bonchev–Trinajstić information content (AvgIpc) is 2.62. The summed E-state index contributed by atoms with van der Waals surface area (Å²) in [7, 11) is 0. The summed E-state index contributed by atoms with van der Waals surface area (Å²) in [6.45, 7) is 5.16. The lowest BCUT2D eigenvalue weighted by atomic mass is 10.0. The number of amides is 1. The van der Waals surface area contributed by atoms with Gasteiger partial charge in [-0.1, -0.05) is 22.9 Å². The van der Waals surface area contributed by atoms with Gasteiger partial charge in [-0.25, -0.2) is 9.97 Å². The molecule has 7 heteroatoms. The maximum atomic E-state index is 11.8. The van der Waals surface area contributed by atoms with E-state index in [9.17, 15) is 4.79 Å². The van der Waals surface area contributed by atoms with Crippen LogP contribution in [0.25, 0.3) is 10.9 Å². The number of nitrogens with zero attached hydrogens (tertiary/aromatic N) is 3. The molecule has 1 aliphatic heterocycles. The van der Waals surface area contributed by atoms with Gasteiger partial charge in [0, 0.05) is 35.5 Å². The van der Waals surface area contributed by atoms with Gasteiger partial charge in [-0.2, -0.15) is 0 Å². The van der Waals surface area contributed by atoms with Crippen molar-refractivity contribution in [3.05, 3.63) is 29.0 Å². The van der Waals surface area contributed by atoms with E-state index in [2.05, 4.69) is 48.4 Å². The molecule has 0 spiro atoms. The van der Waals surface area contributed by atoms with Crippen molar-refractivity contribution in [1.82, 2.24) is 20.2 Å². The summed E-state index contributed by atoms with van der Waals surface area (Å²) in [5, 5.41) is 7.52. The van der Waals surface area contributed by atoms with Crippen molar-refractivity contribution in [2.75, 3.05) is 31.5 Å². The van der Waals surface area contributed by atoms with Crippen LogP contribution in [0.15, 0.2) is 29.0 Å². The van der Waals surface area contributed by atoms with Crippen molar-refractivity contribution in [2.45, 2.75) is 32.2 Å². The van der Waals surface area contributed by atoms with Crippen molar-refractivity contribution in [3.8, 4) is 0 Å². The molecule has 0 unspecified atom stereocenters. The second kappa shape index (κ2) is 8.58. The van der Waals surface area contributed by atoms with Gasteiger partial charge in [0.05, 0.1) is 12.1 Å². The number of carbonyl (C=O) groups excluding carboxylic acids is 1. The average molecular weight is 406 g/mol. The molecule has 2 aromatic rings. The summed E-state index contributed by atoms with van der Waals surface area (Å²) in [5.74, 6) is 1.00. The van der Waals surface area contributed by atoms with Gasteiger partial charge < -0.3 is 10.6 Å². The number of anilines is 1. The van der Waals surface area contributed by atoms with Crippen LogP contribution in [-0.4, -0.2) is 53.0 Å². The Morgan fingerprint density at radius 2 is 2.12 bits per heavy atom. The number of rotatable bonds is 6. The molecule has 1 aliphatic rings. The van der Waals surface area contributed by atoms with E-state index in [1.54, 1.807) is 6.33 Å². The van der Waals surface area contributed by atoms with Crippen LogP contribution in [0, 0.1) is 0 Å². The highest BCUT2D eigenvalue weighted by Gasteiger charge is 2.21. The van der Waals surface area contributed by atoms with Crippen LogP contribution in [-0.2, 0) is 4.79 Å². The van der Waals surface area contributed by atoms with Crippen LogP contribution in [0.5, 0.6) is 0 Å². The van der Waals surface area contributed by atoms with Crippen molar-refractivity contribution in [1.29, 1.82) is 0 Å². The Morgan fingerprint density at radius 1 is 1.32 bits per heavy atom. The number of benzene rings is 1. The standard InChI is InChI=1S/C18H24BrN5O/c1-2-7-20-17(25)11-24-8-5-14(6-9-24)23-18-15-10-13(19)3-4-16(15)21-12-22-18/h3-4,10,12,14H,2,5-9,11H2,1H3,(H,20,25)(H,21,22,23). The number of aromatic nitrogens is 2. The highest BCUT2D eigenvalue weighted by molar-refractivity contribution is 9.10. The first kappa shape index (κ1) is 18.1. The summed E-state index contributed by atoms with van der Waals surface area (Å²) in [4.78, 5) is 22.8. The van der Waals surface area contributed by atoms with Crippen molar-refractivity contribution in [2.24, 2.45) is 0 Å². The van der Waals surface area contributed by atoms with E-state index in [-0.39, 0.29) is 5.91 Å². The molecule has 25 heavy (non-hydrogen) atoms. The van der Waals surface area contributed by atoms with Gasteiger partial charge in [0.15, 0.2) is 0 Å². The molecular formula is C18H24BrN5O. The first-order valence-corrected chi connectivity index (χ1v) is 9.61. The molecule has 1 fully saturated rings. The zero-order valence-corrected chi connectivity index (χ0v) is 16.1. The molecule has 6 nitrogen and oxygen atoms in total. The monoisotopic (exact) mass is 405 g/mol. The quantitative estimate of drug-likeness (QED) is 0.772. The number of carbonyl (C=O) groups is 1. The molecule has 0 atom stereocenters. The van der Waals surface area contributed by atoms with E-state index in [0.29, 0.717) is 12.6 Å². The van der Waals surface area contributed by atoms with E-state index in [1.807, 2.05) is 18.2 Å². The predicted molar refractivity (Wildman–Crippen MR) is 104 cm³/mol. The van der Waals surface area contributed by atoms with Crippen LogP contribution in [0.3, 0.4) is 0 Å². The van der Waals surface area contributed by atoms with E-state index >= 15 is 0 Å². The third-order valence-electron chi connectivity index (χ3n) is 4.47. The van der Waals surface area contributed by atoms with Crippen LogP contribution in [0.1, 0.15) is 26.2 Å². The van der Waals surface area contributed by atoms with Crippen molar-refractivity contribution >= 4 is 38.6 Å². The SMILES string of the molecule is CCCNC(=O)CN1CCC(Nc2ncnc3ccc(Br)cc23)CC1. The minimum atomic E-state index is 0.125. The minimum Gasteiger partial charge on any atom is -0.367 e. The molecular weight excluding hydrogens is 382 g/mol. The van der Waals surface area contributed by atoms with E-state index in [1.165, 1.54) is 0 Å². The molecule has 134 valence electrons. The summed E-state index contributed by atoms with van der Waals surface area (Å²) >= 11 is 3.51. The number of hydrogen-bond donors (Lipinski definition) is 2. The Hall–Kier alpha value is -1.73.